The number of unbranched alkanes of at least 4 members (excludes halogenated alkanes) is 2. The second-order valence-corrected chi connectivity index (χ2v) is 4.52. The van der Waals surface area contributed by atoms with Crippen LogP contribution in [0.15, 0.2) is 0 Å². The molecule has 0 aliphatic heterocycles. The van der Waals surface area contributed by atoms with Gasteiger partial charge in [-0.05, 0) is 32.4 Å². The number of hydrogen-bond acceptors (Lipinski definition) is 3. The van der Waals surface area contributed by atoms with E-state index in [1.165, 1.54) is 25.7 Å². The molecular weight excluding hydrogens is 214 g/mol. The Bertz CT molecular complexity index is 175. The number of hydrogen-bond donors (Lipinski definition) is 0. The molecule has 0 rings (SSSR count). The molecule has 0 radical (unpaired) electrons. The van der Waals surface area contributed by atoms with E-state index in [-0.39, 0.29) is 5.97 Å². The molecule has 0 aromatic carbocycles. The van der Waals surface area contributed by atoms with Gasteiger partial charge in [-0.3, -0.25) is 9.69 Å². The maximum Gasteiger partial charge on any atom is 0.305 e. The number of rotatable bonds is 11. The Labute approximate surface area is 107 Å². The van der Waals surface area contributed by atoms with Gasteiger partial charge in [-0.2, -0.15) is 0 Å². The molecule has 0 spiro atoms. The van der Waals surface area contributed by atoms with Crippen LogP contribution in [0.25, 0.3) is 0 Å². The molecule has 3 nitrogen and oxygen atoms in total. The van der Waals surface area contributed by atoms with Crippen molar-refractivity contribution < 1.29 is 9.53 Å². The summed E-state index contributed by atoms with van der Waals surface area (Å²) in [6, 6.07) is 0. The predicted octanol–water partition coefficient (Wildman–Crippen LogP) is 3.23. The Balaban J connectivity index is 3.69. The van der Waals surface area contributed by atoms with E-state index in [2.05, 4.69) is 18.7 Å². The molecule has 17 heavy (non-hydrogen) atoms. The highest BCUT2D eigenvalue weighted by molar-refractivity contribution is 5.69. The number of nitrogens with zero attached hydrogens (tertiary/aromatic N) is 1. The molecule has 0 atom stereocenters. The first-order valence-electron chi connectivity index (χ1n) is 7.12. The average Bonchev–Trinajstić information content (AvgIpc) is 2.32. The molecule has 0 heterocycles. The van der Waals surface area contributed by atoms with Gasteiger partial charge in [-0.25, -0.2) is 0 Å². The van der Waals surface area contributed by atoms with Gasteiger partial charge in [-0.15, -0.1) is 0 Å². The van der Waals surface area contributed by atoms with Gasteiger partial charge in [0.2, 0.25) is 0 Å². The van der Waals surface area contributed by atoms with Crippen LogP contribution < -0.4 is 0 Å². The van der Waals surface area contributed by atoms with Gasteiger partial charge in [0, 0.05) is 13.0 Å². The van der Waals surface area contributed by atoms with Crippen molar-refractivity contribution in [1.82, 2.24) is 4.90 Å². The first kappa shape index (κ1) is 16.4. The number of ether oxygens (including phenoxy) is 1. The Kier molecular flexibility index (Phi) is 11.5. The minimum atomic E-state index is -0.0570. The third-order valence-corrected chi connectivity index (χ3v) is 2.78. The molecule has 0 aromatic rings. The summed E-state index contributed by atoms with van der Waals surface area (Å²) in [5.74, 6) is -0.0570. The van der Waals surface area contributed by atoms with Crippen LogP contribution >= 0.6 is 0 Å². The molecule has 0 saturated carbocycles. The highest BCUT2D eigenvalue weighted by Gasteiger charge is 2.05. The first-order chi connectivity index (χ1) is 8.24. The molecule has 0 fully saturated rings. The maximum atomic E-state index is 11.2. The fourth-order valence-corrected chi connectivity index (χ4v) is 1.66. The van der Waals surface area contributed by atoms with Crippen molar-refractivity contribution in [2.75, 3.05) is 26.2 Å². The Hall–Kier alpha value is -0.570. The lowest BCUT2D eigenvalue weighted by Crippen LogP contribution is -2.30. The zero-order valence-corrected chi connectivity index (χ0v) is 11.8. The molecule has 0 aromatic heterocycles. The van der Waals surface area contributed by atoms with Crippen molar-refractivity contribution in [3.8, 4) is 0 Å². The van der Waals surface area contributed by atoms with Gasteiger partial charge in [0.05, 0.1) is 0 Å². The van der Waals surface area contributed by atoms with E-state index >= 15 is 0 Å². The van der Waals surface area contributed by atoms with Crippen molar-refractivity contribution in [2.45, 2.75) is 59.3 Å². The quantitative estimate of drug-likeness (QED) is 0.522. The third-order valence-electron chi connectivity index (χ3n) is 2.78. The standard InChI is InChI=1S/C14H29NO2/c1-4-7-10-15(11-8-5-2)12-13-17-14(16)9-6-3/h4-13H2,1-3H3. The largest absolute Gasteiger partial charge is 0.464 e. The smallest absolute Gasteiger partial charge is 0.305 e. The Morgan fingerprint density at radius 2 is 1.53 bits per heavy atom. The number of carbonyl (C=O) groups excluding carboxylic acids is 1. The SMILES string of the molecule is CCCCN(CCCC)CCOC(=O)CCC. The average molecular weight is 243 g/mol. The van der Waals surface area contributed by atoms with E-state index in [4.69, 9.17) is 4.74 Å². The molecular formula is C14H29NO2. The van der Waals surface area contributed by atoms with Crippen molar-refractivity contribution in [3.05, 3.63) is 0 Å². The summed E-state index contributed by atoms with van der Waals surface area (Å²) < 4.78 is 5.19. The molecule has 0 unspecified atom stereocenters. The minimum absolute atomic E-state index is 0.0570. The first-order valence-corrected chi connectivity index (χ1v) is 7.12. The summed E-state index contributed by atoms with van der Waals surface area (Å²) in [5, 5.41) is 0. The normalized spacial score (nSPS) is 10.8. The van der Waals surface area contributed by atoms with Crippen LogP contribution in [0.5, 0.6) is 0 Å². The van der Waals surface area contributed by atoms with E-state index in [9.17, 15) is 4.79 Å². The van der Waals surface area contributed by atoms with Crippen molar-refractivity contribution in [2.24, 2.45) is 0 Å². The lowest BCUT2D eigenvalue weighted by atomic mass is 10.2. The number of carbonyl (C=O) groups is 1. The molecule has 0 N–H and O–H groups in total. The van der Waals surface area contributed by atoms with Gasteiger partial charge < -0.3 is 4.74 Å². The minimum Gasteiger partial charge on any atom is -0.464 e. The van der Waals surface area contributed by atoms with Gasteiger partial charge in [0.15, 0.2) is 0 Å². The van der Waals surface area contributed by atoms with Crippen LogP contribution in [0.3, 0.4) is 0 Å². The lowest BCUT2D eigenvalue weighted by molar-refractivity contribution is -0.144. The van der Waals surface area contributed by atoms with Crippen LogP contribution in [-0.2, 0) is 9.53 Å². The van der Waals surface area contributed by atoms with Crippen LogP contribution in [0.2, 0.25) is 0 Å². The summed E-state index contributed by atoms with van der Waals surface area (Å²) >= 11 is 0. The van der Waals surface area contributed by atoms with Crippen LogP contribution in [0.4, 0.5) is 0 Å². The maximum absolute atomic E-state index is 11.2. The highest BCUT2D eigenvalue weighted by Crippen LogP contribution is 1.99. The summed E-state index contributed by atoms with van der Waals surface area (Å²) in [6.45, 7) is 10.1. The van der Waals surface area contributed by atoms with Crippen molar-refractivity contribution >= 4 is 5.97 Å². The molecule has 0 aliphatic rings. The molecule has 0 bridgehead atoms. The monoisotopic (exact) mass is 243 g/mol. The van der Waals surface area contributed by atoms with Crippen LogP contribution in [-0.4, -0.2) is 37.1 Å². The summed E-state index contributed by atoms with van der Waals surface area (Å²) in [4.78, 5) is 13.6. The molecule has 3 heteroatoms. The van der Waals surface area contributed by atoms with E-state index in [0.717, 1.165) is 26.1 Å². The molecule has 0 saturated heterocycles. The zero-order chi connectivity index (χ0) is 12.9. The van der Waals surface area contributed by atoms with Gasteiger partial charge in [0.25, 0.3) is 0 Å². The van der Waals surface area contributed by atoms with E-state index in [1.54, 1.807) is 0 Å². The molecule has 0 amide bonds. The topological polar surface area (TPSA) is 29.5 Å². The summed E-state index contributed by atoms with van der Waals surface area (Å²) in [7, 11) is 0. The highest BCUT2D eigenvalue weighted by atomic mass is 16.5. The second kappa shape index (κ2) is 11.9. The Morgan fingerprint density at radius 3 is 2.00 bits per heavy atom. The van der Waals surface area contributed by atoms with Gasteiger partial charge in [0.1, 0.15) is 6.61 Å². The van der Waals surface area contributed by atoms with Gasteiger partial charge >= 0.3 is 5.97 Å². The fraction of sp³-hybridized carbons (Fsp3) is 0.929. The van der Waals surface area contributed by atoms with E-state index in [1.807, 2.05) is 6.92 Å². The number of esters is 1. The Morgan fingerprint density at radius 1 is 0.941 bits per heavy atom. The van der Waals surface area contributed by atoms with Crippen molar-refractivity contribution in [3.63, 3.8) is 0 Å². The van der Waals surface area contributed by atoms with Crippen LogP contribution in [0, 0.1) is 0 Å². The van der Waals surface area contributed by atoms with Gasteiger partial charge in [-0.1, -0.05) is 33.6 Å². The lowest BCUT2D eigenvalue weighted by Gasteiger charge is -2.21. The zero-order valence-electron chi connectivity index (χ0n) is 11.8. The fourth-order valence-electron chi connectivity index (χ4n) is 1.66. The van der Waals surface area contributed by atoms with Crippen molar-refractivity contribution in [1.29, 1.82) is 0 Å². The van der Waals surface area contributed by atoms with E-state index in [0.29, 0.717) is 13.0 Å². The summed E-state index contributed by atoms with van der Waals surface area (Å²) in [6.07, 6.45) is 6.31. The molecule has 102 valence electrons. The van der Waals surface area contributed by atoms with E-state index < -0.39 is 0 Å². The second-order valence-electron chi connectivity index (χ2n) is 4.52. The van der Waals surface area contributed by atoms with Crippen LogP contribution in [0.1, 0.15) is 59.3 Å². The molecule has 0 aliphatic carbocycles. The third kappa shape index (κ3) is 10.3. The predicted molar refractivity (Wildman–Crippen MR) is 72.1 cm³/mol. The summed E-state index contributed by atoms with van der Waals surface area (Å²) in [5.41, 5.74) is 0.